The van der Waals surface area contributed by atoms with Crippen LogP contribution in [0.25, 0.3) is 0 Å². The summed E-state index contributed by atoms with van der Waals surface area (Å²) >= 11 is 5.77. The summed E-state index contributed by atoms with van der Waals surface area (Å²) in [5.41, 5.74) is -3.24. The molecular formula is C18H14ClF6NO5S. The fraction of sp³-hybridized carbons (Fsp3) is 0.278. The van der Waals surface area contributed by atoms with Crippen molar-refractivity contribution in [2.75, 3.05) is 17.6 Å². The van der Waals surface area contributed by atoms with E-state index in [4.69, 9.17) is 21.4 Å². The molecule has 0 saturated heterocycles. The third-order valence-electron chi connectivity index (χ3n) is 4.03. The van der Waals surface area contributed by atoms with Crippen LogP contribution in [-0.2, 0) is 27.0 Å². The molecule has 0 fully saturated rings. The molecule has 0 heterocycles. The number of nitrogens with one attached hydrogen (secondary N) is 1. The predicted octanol–water partition coefficient (Wildman–Crippen LogP) is 5.46. The molecular weight excluding hydrogens is 492 g/mol. The van der Waals surface area contributed by atoms with Gasteiger partial charge in [0, 0.05) is 0 Å². The van der Waals surface area contributed by atoms with Crippen LogP contribution in [0.4, 0.5) is 32.0 Å². The van der Waals surface area contributed by atoms with Crippen molar-refractivity contribution in [2.24, 2.45) is 0 Å². The second kappa shape index (κ2) is 9.06. The number of carboxylic acid groups (broad SMARTS) is 1. The van der Waals surface area contributed by atoms with Gasteiger partial charge in [-0.1, -0.05) is 18.5 Å². The molecule has 32 heavy (non-hydrogen) atoms. The third kappa shape index (κ3) is 5.76. The van der Waals surface area contributed by atoms with E-state index in [1.54, 1.807) is 0 Å². The van der Waals surface area contributed by atoms with E-state index in [9.17, 15) is 39.6 Å². The monoisotopic (exact) mass is 505 g/mol. The molecule has 2 aromatic carbocycles. The maximum absolute atomic E-state index is 13.6. The van der Waals surface area contributed by atoms with Gasteiger partial charge in [-0.2, -0.15) is 26.3 Å². The van der Waals surface area contributed by atoms with Crippen LogP contribution >= 0.6 is 11.6 Å². The van der Waals surface area contributed by atoms with Crippen molar-refractivity contribution < 1.29 is 49.4 Å². The van der Waals surface area contributed by atoms with Crippen molar-refractivity contribution in [2.45, 2.75) is 24.2 Å². The van der Waals surface area contributed by atoms with Crippen molar-refractivity contribution in [1.29, 1.82) is 0 Å². The number of anilines is 1. The highest BCUT2D eigenvalue weighted by atomic mass is 35.5. The first-order valence-electron chi connectivity index (χ1n) is 8.55. The van der Waals surface area contributed by atoms with Gasteiger partial charge in [0.15, 0.2) is 15.6 Å². The quantitative estimate of drug-likeness (QED) is 0.485. The summed E-state index contributed by atoms with van der Waals surface area (Å²) in [6.07, 6.45) is -10.1. The molecule has 6 nitrogen and oxygen atoms in total. The first kappa shape index (κ1) is 25.6. The first-order valence-corrected chi connectivity index (χ1v) is 10.6. The zero-order chi connectivity index (χ0) is 24.5. The van der Waals surface area contributed by atoms with Crippen LogP contribution in [0.3, 0.4) is 0 Å². The maximum atomic E-state index is 13.6. The van der Waals surface area contributed by atoms with E-state index in [0.29, 0.717) is 18.2 Å². The zero-order valence-corrected chi connectivity index (χ0v) is 17.5. The summed E-state index contributed by atoms with van der Waals surface area (Å²) in [6.45, 7) is 0.383. The standard InChI is InChI=1S/C18H14ClF6NO5S/c1-2-32(29,30)13-6-5-11(16(19)15(13)18(23,24)25)31-12-7-9(17(20,21)22)3-4-10(12)26-8-14(27)28/h3-7,26H,2,8H2,1H3,(H,27,28). The van der Waals surface area contributed by atoms with E-state index in [1.807, 2.05) is 0 Å². The number of hydrogen-bond acceptors (Lipinski definition) is 5. The minimum absolute atomic E-state index is 0.282. The summed E-state index contributed by atoms with van der Waals surface area (Å²) in [5.74, 6) is -3.50. The largest absolute Gasteiger partial charge is 0.480 e. The summed E-state index contributed by atoms with van der Waals surface area (Å²) in [4.78, 5) is 9.64. The van der Waals surface area contributed by atoms with E-state index in [1.165, 1.54) is 0 Å². The number of carboxylic acids is 1. The Kier molecular flexibility index (Phi) is 7.24. The Balaban J connectivity index is 2.66. The molecule has 0 bridgehead atoms. The molecule has 0 radical (unpaired) electrons. The average Bonchev–Trinajstić information content (AvgIpc) is 2.66. The Morgan fingerprint density at radius 2 is 1.69 bits per heavy atom. The smallest absolute Gasteiger partial charge is 0.419 e. The third-order valence-corrected chi connectivity index (χ3v) is 6.17. The lowest BCUT2D eigenvalue weighted by atomic mass is 10.1. The molecule has 14 heteroatoms. The first-order chi connectivity index (χ1) is 14.6. The van der Waals surface area contributed by atoms with Gasteiger partial charge in [0.25, 0.3) is 0 Å². The summed E-state index contributed by atoms with van der Waals surface area (Å²) in [6, 6.07) is 3.22. The lowest BCUT2D eigenvalue weighted by molar-refractivity contribution is -0.140. The number of ether oxygens (including phenoxy) is 1. The number of aliphatic carboxylic acids is 1. The van der Waals surface area contributed by atoms with Crippen LogP contribution in [0.1, 0.15) is 18.1 Å². The number of hydrogen-bond donors (Lipinski definition) is 2. The Morgan fingerprint density at radius 3 is 2.19 bits per heavy atom. The topological polar surface area (TPSA) is 92.7 Å². The van der Waals surface area contributed by atoms with Gasteiger partial charge in [-0.05, 0) is 30.3 Å². The number of rotatable bonds is 7. The molecule has 176 valence electrons. The van der Waals surface area contributed by atoms with E-state index in [2.05, 4.69) is 5.32 Å². The summed E-state index contributed by atoms with van der Waals surface area (Å²) in [7, 11) is -4.36. The fourth-order valence-electron chi connectivity index (χ4n) is 2.52. The molecule has 0 aromatic heterocycles. The van der Waals surface area contributed by atoms with E-state index < -0.39 is 73.0 Å². The van der Waals surface area contributed by atoms with Gasteiger partial charge in [-0.3, -0.25) is 4.79 Å². The minimum Gasteiger partial charge on any atom is -0.480 e. The molecule has 2 N–H and O–H groups in total. The van der Waals surface area contributed by atoms with Crippen LogP contribution in [0.15, 0.2) is 35.2 Å². The van der Waals surface area contributed by atoms with Crippen LogP contribution < -0.4 is 10.1 Å². The lowest BCUT2D eigenvalue weighted by Crippen LogP contribution is -2.16. The molecule has 0 saturated carbocycles. The van der Waals surface area contributed by atoms with Gasteiger partial charge in [0.05, 0.1) is 32.5 Å². The Bertz CT molecular complexity index is 1130. The van der Waals surface area contributed by atoms with E-state index in [0.717, 1.165) is 19.1 Å². The van der Waals surface area contributed by atoms with Crippen molar-refractivity contribution in [3.8, 4) is 11.5 Å². The van der Waals surface area contributed by atoms with Crippen molar-refractivity contribution in [1.82, 2.24) is 0 Å². The Morgan fingerprint density at radius 1 is 1.06 bits per heavy atom. The molecule has 2 rings (SSSR count). The highest BCUT2D eigenvalue weighted by Gasteiger charge is 2.41. The Hall–Kier alpha value is -2.67. The van der Waals surface area contributed by atoms with Crippen LogP contribution in [-0.4, -0.2) is 31.8 Å². The number of alkyl halides is 6. The van der Waals surface area contributed by atoms with Crippen LogP contribution in [0, 0.1) is 0 Å². The van der Waals surface area contributed by atoms with Crippen LogP contribution in [0.5, 0.6) is 11.5 Å². The SMILES string of the molecule is CCS(=O)(=O)c1ccc(Oc2cc(C(F)(F)F)ccc2NCC(=O)O)c(Cl)c1C(F)(F)F. The molecule has 0 unspecified atom stereocenters. The van der Waals surface area contributed by atoms with Gasteiger partial charge in [-0.15, -0.1) is 0 Å². The molecule has 2 aromatic rings. The highest BCUT2D eigenvalue weighted by molar-refractivity contribution is 7.91. The van der Waals surface area contributed by atoms with Crippen molar-refractivity contribution in [3.05, 3.63) is 46.5 Å². The zero-order valence-electron chi connectivity index (χ0n) is 15.9. The summed E-state index contributed by atoms with van der Waals surface area (Å²) in [5, 5.41) is 9.83. The van der Waals surface area contributed by atoms with Crippen molar-refractivity contribution in [3.63, 3.8) is 0 Å². The Labute approximate surface area is 182 Å². The predicted molar refractivity (Wildman–Crippen MR) is 102 cm³/mol. The highest BCUT2D eigenvalue weighted by Crippen LogP contribution is 2.46. The van der Waals surface area contributed by atoms with Gasteiger partial charge in [0.1, 0.15) is 12.3 Å². The number of sulfone groups is 1. The van der Waals surface area contributed by atoms with Gasteiger partial charge >= 0.3 is 18.3 Å². The number of benzene rings is 2. The van der Waals surface area contributed by atoms with Crippen molar-refractivity contribution >= 4 is 33.1 Å². The number of halogens is 7. The summed E-state index contributed by atoms with van der Waals surface area (Å²) < 4.78 is 109. The fourth-order valence-corrected chi connectivity index (χ4v) is 4.00. The van der Waals surface area contributed by atoms with Gasteiger partial charge < -0.3 is 15.2 Å². The minimum atomic E-state index is -5.23. The lowest BCUT2D eigenvalue weighted by Gasteiger charge is -2.19. The molecule has 0 aliphatic carbocycles. The molecule has 0 aliphatic rings. The molecule has 0 spiro atoms. The molecule has 0 atom stereocenters. The second-order valence-corrected chi connectivity index (χ2v) is 8.83. The average molecular weight is 506 g/mol. The van der Waals surface area contributed by atoms with E-state index in [-0.39, 0.29) is 5.69 Å². The van der Waals surface area contributed by atoms with E-state index >= 15 is 0 Å². The number of carbonyl (C=O) groups is 1. The normalized spacial score (nSPS) is 12.5. The van der Waals surface area contributed by atoms with Gasteiger partial charge in [0.2, 0.25) is 0 Å². The molecule has 0 amide bonds. The maximum Gasteiger partial charge on any atom is 0.419 e. The molecule has 0 aliphatic heterocycles. The van der Waals surface area contributed by atoms with Crippen LogP contribution in [0.2, 0.25) is 5.02 Å². The van der Waals surface area contributed by atoms with Gasteiger partial charge in [-0.25, -0.2) is 8.42 Å². The second-order valence-electron chi connectivity index (χ2n) is 6.21.